The van der Waals surface area contributed by atoms with Gasteiger partial charge in [-0.25, -0.2) is 0 Å². The van der Waals surface area contributed by atoms with E-state index in [1.54, 1.807) is 30.3 Å². The molecule has 0 bridgehead atoms. The van der Waals surface area contributed by atoms with Gasteiger partial charge in [-0.3, -0.25) is 4.79 Å². The standard InChI is InChI=1S/C19H15N3O2/c1-14-5-4-7-17(11-14)22-19(23)16(13-21)12-15-6-2-3-8-18(15)24-10-9-20/h2-8,11-12H,10H2,1H3,(H,22,23)/b16-12+. The highest BCUT2D eigenvalue weighted by Crippen LogP contribution is 2.21. The Hall–Kier alpha value is -3.57. The Labute approximate surface area is 140 Å². The van der Waals surface area contributed by atoms with Gasteiger partial charge in [0.2, 0.25) is 0 Å². The lowest BCUT2D eigenvalue weighted by atomic mass is 10.1. The van der Waals surface area contributed by atoms with Crippen molar-refractivity contribution in [3.05, 3.63) is 65.2 Å². The first-order valence-corrected chi connectivity index (χ1v) is 7.22. The van der Waals surface area contributed by atoms with E-state index >= 15 is 0 Å². The molecule has 0 aliphatic carbocycles. The fourth-order valence-corrected chi connectivity index (χ4v) is 2.07. The van der Waals surface area contributed by atoms with Crippen molar-refractivity contribution in [1.82, 2.24) is 0 Å². The summed E-state index contributed by atoms with van der Waals surface area (Å²) in [7, 11) is 0. The summed E-state index contributed by atoms with van der Waals surface area (Å²) in [5.74, 6) is -0.0617. The van der Waals surface area contributed by atoms with Gasteiger partial charge < -0.3 is 10.1 Å². The van der Waals surface area contributed by atoms with Crippen LogP contribution in [-0.2, 0) is 4.79 Å². The van der Waals surface area contributed by atoms with Crippen LogP contribution in [0.5, 0.6) is 5.75 Å². The van der Waals surface area contributed by atoms with E-state index in [1.165, 1.54) is 6.08 Å². The molecule has 1 amide bonds. The molecular weight excluding hydrogens is 302 g/mol. The third-order valence-corrected chi connectivity index (χ3v) is 3.15. The van der Waals surface area contributed by atoms with E-state index in [4.69, 9.17) is 10.00 Å². The van der Waals surface area contributed by atoms with Gasteiger partial charge in [-0.1, -0.05) is 30.3 Å². The Morgan fingerprint density at radius 1 is 1.21 bits per heavy atom. The van der Waals surface area contributed by atoms with E-state index in [-0.39, 0.29) is 12.2 Å². The first kappa shape index (κ1) is 16.8. The summed E-state index contributed by atoms with van der Waals surface area (Å²) in [6, 6.07) is 18.0. The van der Waals surface area contributed by atoms with Crippen LogP contribution in [-0.4, -0.2) is 12.5 Å². The number of ether oxygens (including phenoxy) is 1. The minimum atomic E-state index is -0.502. The van der Waals surface area contributed by atoms with E-state index in [0.29, 0.717) is 17.0 Å². The van der Waals surface area contributed by atoms with Crippen LogP contribution in [0.2, 0.25) is 0 Å². The molecule has 2 rings (SSSR count). The number of anilines is 1. The number of nitrogens with one attached hydrogen (secondary N) is 1. The van der Waals surface area contributed by atoms with Crippen molar-refractivity contribution in [1.29, 1.82) is 10.5 Å². The zero-order valence-electron chi connectivity index (χ0n) is 13.1. The summed E-state index contributed by atoms with van der Waals surface area (Å²) in [5, 5.41) is 20.6. The summed E-state index contributed by atoms with van der Waals surface area (Å²) in [6.07, 6.45) is 1.44. The van der Waals surface area contributed by atoms with Gasteiger partial charge in [-0.05, 0) is 36.8 Å². The molecule has 5 nitrogen and oxygen atoms in total. The van der Waals surface area contributed by atoms with Gasteiger partial charge in [-0.2, -0.15) is 10.5 Å². The van der Waals surface area contributed by atoms with Crippen molar-refractivity contribution in [2.45, 2.75) is 6.92 Å². The zero-order valence-corrected chi connectivity index (χ0v) is 13.1. The normalized spacial score (nSPS) is 10.4. The fraction of sp³-hybridized carbons (Fsp3) is 0.105. The van der Waals surface area contributed by atoms with Crippen LogP contribution in [0, 0.1) is 29.6 Å². The van der Waals surface area contributed by atoms with Crippen LogP contribution < -0.4 is 10.1 Å². The lowest BCUT2D eigenvalue weighted by Gasteiger charge is -2.07. The molecule has 0 fully saturated rings. The maximum Gasteiger partial charge on any atom is 0.266 e. The largest absolute Gasteiger partial charge is 0.478 e. The van der Waals surface area contributed by atoms with E-state index in [9.17, 15) is 10.1 Å². The summed E-state index contributed by atoms with van der Waals surface area (Å²) in [6.45, 7) is 1.81. The van der Waals surface area contributed by atoms with Crippen LogP contribution in [0.4, 0.5) is 5.69 Å². The molecule has 0 aliphatic heterocycles. The fourth-order valence-electron chi connectivity index (χ4n) is 2.07. The Bertz CT molecular complexity index is 857. The second kappa shape index (κ2) is 8.17. The molecule has 0 radical (unpaired) electrons. The quantitative estimate of drug-likeness (QED) is 0.676. The Morgan fingerprint density at radius 2 is 2.00 bits per heavy atom. The smallest absolute Gasteiger partial charge is 0.266 e. The number of carbonyl (C=O) groups excluding carboxylic acids is 1. The molecule has 0 atom stereocenters. The number of benzene rings is 2. The number of hydrogen-bond donors (Lipinski definition) is 1. The van der Waals surface area contributed by atoms with Gasteiger partial charge in [0.1, 0.15) is 23.5 Å². The highest BCUT2D eigenvalue weighted by atomic mass is 16.5. The molecule has 118 valence electrons. The van der Waals surface area contributed by atoms with Crippen molar-refractivity contribution >= 4 is 17.7 Å². The summed E-state index contributed by atoms with van der Waals surface area (Å²) in [5.41, 5.74) is 2.13. The number of nitrogens with zero attached hydrogens (tertiary/aromatic N) is 2. The molecule has 24 heavy (non-hydrogen) atoms. The lowest BCUT2D eigenvalue weighted by Crippen LogP contribution is -2.13. The van der Waals surface area contributed by atoms with Crippen molar-refractivity contribution in [2.75, 3.05) is 11.9 Å². The van der Waals surface area contributed by atoms with Crippen LogP contribution in [0.3, 0.4) is 0 Å². The first-order chi connectivity index (χ1) is 11.6. The number of carbonyl (C=O) groups is 1. The molecule has 0 saturated carbocycles. The van der Waals surface area contributed by atoms with Crippen LogP contribution >= 0.6 is 0 Å². The topological polar surface area (TPSA) is 85.9 Å². The van der Waals surface area contributed by atoms with Crippen LogP contribution in [0.25, 0.3) is 6.08 Å². The highest BCUT2D eigenvalue weighted by molar-refractivity contribution is 6.09. The van der Waals surface area contributed by atoms with Gasteiger partial charge in [0.25, 0.3) is 5.91 Å². The molecular formula is C19H15N3O2. The Kier molecular flexibility index (Phi) is 5.71. The molecule has 0 heterocycles. The second-order valence-electron chi connectivity index (χ2n) is 4.98. The van der Waals surface area contributed by atoms with Gasteiger partial charge in [0, 0.05) is 11.3 Å². The number of amides is 1. The molecule has 0 unspecified atom stereocenters. The average Bonchev–Trinajstić information content (AvgIpc) is 2.58. The number of aryl methyl sites for hydroxylation is 1. The number of para-hydroxylation sites is 1. The minimum Gasteiger partial charge on any atom is -0.478 e. The average molecular weight is 317 g/mol. The van der Waals surface area contributed by atoms with Crippen molar-refractivity contribution in [2.24, 2.45) is 0 Å². The minimum absolute atomic E-state index is 0.0514. The molecule has 5 heteroatoms. The maximum absolute atomic E-state index is 12.3. The molecule has 0 saturated heterocycles. The van der Waals surface area contributed by atoms with Crippen LogP contribution in [0.1, 0.15) is 11.1 Å². The lowest BCUT2D eigenvalue weighted by molar-refractivity contribution is -0.112. The van der Waals surface area contributed by atoms with E-state index in [2.05, 4.69) is 5.32 Å². The van der Waals surface area contributed by atoms with Crippen LogP contribution in [0.15, 0.2) is 54.1 Å². The van der Waals surface area contributed by atoms with E-state index in [0.717, 1.165) is 5.56 Å². The molecule has 2 aromatic rings. The predicted molar refractivity (Wildman–Crippen MR) is 90.9 cm³/mol. The van der Waals surface area contributed by atoms with Gasteiger partial charge >= 0.3 is 0 Å². The van der Waals surface area contributed by atoms with Crippen molar-refractivity contribution < 1.29 is 9.53 Å². The van der Waals surface area contributed by atoms with E-state index in [1.807, 2.05) is 37.3 Å². The van der Waals surface area contributed by atoms with Gasteiger partial charge in [0.15, 0.2) is 6.61 Å². The second-order valence-corrected chi connectivity index (χ2v) is 4.98. The zero-order chi connectivity index (χ0) is 17.4. The molecule has 0 aliphatic rings. The van der Waals surface area contributed by atoms with E-state index < -0.39 is 5.91 Å². The van der Waals surface area contributed by atoms with Crippen molar-refractivity contribution in [3.8, 4) is 17.9 Å². The number of hydrogen-bond acceptors (Lipinski definition) is 4. The van der Waals surface area contributed by atoms with Gasteiger partial charge in [-0.15, -0.1) is 0 Å². The number of rotatable bonds is 5. The number of nitriles is 2. The SMILES string of the molecule is Cc1cccc(NC(=O)/C(C#N)=C/c2ccccc2OCC#N)c1. The summed E-state index contributed by atoms with van der Waals surface area (Å²) in [4.78, 5) is 12.3. The molecule has 1 N–H and O–H groups in total. The van der Waals surface area contributed by atoms with Crippen molar-refractivity contribution in [3.63, 3.8) is 0 Å². The predicted octanol–water partition coefficient (Wildman–Crippen LogP) is 3.44. The third kappa shape index (κ3) is 4.46. The molecule has 0 spiro atoms. The molecule has 2 aromatic carbocycles. The first-order valence-electron chi connectivity index (χ1n) is 7.22. The summed E-state index contributed by atoms with van der Waals surface area (Å²) >= 11 is 0. The van der Waals surface area contributed by atoms with Gasteiger partial charge in [0.05, 0.1) is 0 Å². The monoisotopic (exact) mass is 317 g/mol. The third-order valence-electron chi connectivity index (χ3n) is 3.15. The Morgan fingerprint density at radius 3 is 2.71 bits per heavy atom. The Balaban J connectivity index is 2.25. The summed E-state index contributed by atoms with van der Waals surface area (Å²) < 4.78 is 5.30. The maximum atomic E-state index is 12.3. The highest BCUT2D eigenvalue weighted by Gasteiger charge is 2.11. The molecule has 0 aromatic heterocycles.